The maximum atomic E-state index is 12.4. The van der Waals surface area contributed by atoms with Crippen LogP contribution in [0, 0.1) is 0 Å². The van der Waals surface area contributed by atoms with Crippen molar-refractivity contribution in [3.8, 4) is 0 Å². The van der Waals surface area contributed by atoms with E-state index in [1.54, 1.807) is 6.07 Å². The summed E-state index contributed by atoms with van der Waals surface area (Å²) in [7, 11) is -3.30. The summed E-state index contributed by atoms with van der Waals surface area (Å²) in [6, 6.07) is 7.32. The summed E-state index contributed by atoms with van der Waals surface area (Å²) in [5, 5.41) is -0.481. The molecule has 1 aliphatic carbocycles. The molecule has 1 aromatic carbocycles. The zero-order valence-electron chi connectivity index (χ0n) is 11.1. The van der Waals surface area contributed by atoms with Gasteiger partial charge in [0.1, 0.15) is 0 Å². The molecule has 0 aliphatic heterocycles. The van der Waals surface area contributed by atoms with E-state index in [9.17, 15) is 8.42 Å². The van der Waals surface area contributed by atoms with E-state index < -0.39 is 10.0 Å². The Labute approximate surface area is 120 Å². The molecule has 0 aromatic heterocycles. The molecule has 1 saturated carbocycles. The van der Waals surface area contributed by atoms with Crippen molar-refractivity contribution in [2.24, 2.45) is 0 Å². The van der Waals surface area contributed by atoms with Crippen molar-refractivity contribution in [1.29, 1.82) is 0 Å². The first-order valence-corrected chi connectivity index (χ1v) is 8.73. The Morgan fingerprint density at radius 3 is 2.47 bits per heavy atom. The van der Waals surface area contributed by atoms with Crippen LogP contribution in [0.5, 0.6) is 0 Å². The average molecular weight is 302 g/mol. The Bertz CT molecular complexity index is 522. The molecule has 5 heteroatoms. The lowest BCUT2D eigenvalue weighted by Crippen LogP contribution is -2.30. The summed E-state index contributed by atoms with van der Waals surface area (Å²) in [5.74, 6) is 0. The SMILES string of the molecule is CC(Cl)c1ccccc1NS(=O)(=O)C1CCCCC1. The fraction of sp³-hybridized carbons (Fsp3) is 0.571. The first kappa shape index (κ1) is 14.7. The highest BCUT2D eigenvalue weighted by Crippen LogP contribution is 2.30. The maximum Gasteiger partial charge on any atom is 0.235 e. The second-order valence-corrected chi connectivity index (χ2v) is 7.73. The Kier molecular flexibility index (Phi) is 4.74. The van der Waals surface area contributed by atoms with E-state index in [4.69, 9.17) is 11.6 Å². The summed E-state index contributed by atoms with van der Waals surface area (Å²) in [4.78, 5) is 0. The van der Waals surface area contributed by atoms with Gasteiger partial charge < -0.3 is 0 Å². The van der Waals surface area contributed by atoms with Crippen LogP contribution in [0.3, 0.4) is 0 Å². The third kappa shape index (κ3) is 3.63. The number of sulfonamides is 1. The van der Waals surface area contributed by atoms with E-state index in [2.05, 4.69) is 4.72 Å². The average Bonchev–Trinajstić information content (AvgIpc) is 2.39. The fourth-order valence-electron chi connectivity index (χ4n) is 2.55. The molecular weight excluding hydrogens is 282 g/mol. The van der Waals surface area contributed by atoms with Gasteiger partial charge in [-0.15, -0.1) is 11.6 Å². The van der Waals surface area contributed by atoms with E-state index >= 15 is 0 Å². The smallest absolute Gasteiger partial charge is 0.235 e. The highest BCUT2D eigenvalue weighted by Gasteiger charge is 2.27. The predicted octanol–water partition coefficient (Wildman–Crippen LogP) is 4.06. The molecule has 0 amide bonds. The quantitative estimate of drug-likeness (QED) is 0.852. The van der Waals surface area contributed by atoms with E-state index in [1.807, 2.05) is 25.1 Å². The third-order valence-corrected chi connectivity index (χ3v) is 5.72. The number of rotatable bonds is 4. The molecule has 0 saturated heterocycles. The number of alkyl halides is 1. The molecule has 1 aromatic rings. The summed E-state index contributed by atoms with van der Waals surface area (Å²) < 4.78 is 27.5. The molecular formula is C14H20ClNO2S. The van der Waals surface area contributed by atoms with Crippen LogP contribution in [0.1, 0.15) is 50.0 Å². The molecule has 1 N–H and O–H groups in total. The molecule has 1 aliphatic rings. The molecule has 1 atom stereocenters. The zero-order valence-corrected chi connectivity index (χ0v) is 12.7. The van der Waals surface area contributed by atoms with E-state index in [-0.39, 0.29) is 10.6 Å². The van der Waals surface area contributed by atoms with Gasteiger partial charge in [-0.1, -0.05) is 37.5 Å². The van der Waals surface area contributed by atoms with Crippen LogP contribution in [0.25, 0.3) is 0 Å². The van der Waals surface area contributed by atoms with E-state index in [1.165, 1.54) is 0 Å². The van der Waals surface area contributed by atoms with Gasteiger partial charge in [-0.05, 0) is 31.4 Å². The number of benzene rings is 1. The van der Waals surface area contributed by atoms with Gasteiger partial charge in [0.2, 0.25) is 10.0 Å². The highest BCUT2D eigenvalue weighted by molar-refractivity contribution is 7.93. The number of hydrogen-bond acceptors (Lipinski definition) is 2. The van der Waals surface area contributed by atoms with Crippen LogP contribution in [-0.4, -0.2) is 13.7 Å². The highest BCUT2D eigenvalue weighted by atomic mass is 35.5. The number of anilines is 1. The van der Waals surface area contributed by atoms with Gasteiger partial charge in [0.05, 0.1) is 16.3 Å². The normalized spacial score (nSPS) is 19.1. The summed E-state index contributed by atoms with van der Waals surface area (Å²) in [6.45, 7) is 1.84. The van der Waals surface area contributed by atoms with Gasteiger partial charge in [0, 0.05) is 0 Å². The lowest BCUT2D eigenvalue weighted by molar-refractivity contribution is 0.486. The van der Waals surface area contributed by atoms with E-state index in [0.29, 0.717) is 5.69 Å². The Morgan fingerprint density at radius 2 is 1.84 bits per heavy atom. The molecule has 3 nitrogen and oxygen atoms in total. The van der Waals surface area contributed by atoms with Crippen molar-refractivity contribution < 1.29 is 8.42 Å². The van der Waals surface area contributed by atoms with Crippen molar-refractivity contribution in [2.45, 2.75) is 49.7 Å². The molecule has 1 fully saturated rings. The lowest BCUT2D eigenvalue weighted by Gasteiger charge is -2.23. The molecule has 0 bridgehead atoms. The van der Waals surface area contributed by atoms with Crippen molar-refractivity contribution in [2.75, 3.05) is 4.72 Å². The van der Waals surface area contributed by atoms with Gasteiger partial charge in [-0.25, -0.2) is 8.42 Å². The van der Waals surface area contributed by atoms with E-state index in [0.717, 1.165) is 37.7 Å². The molecule has 106 valence electrons. The number of halogens is 1. The first-order chi connectivity index (χ1) is 9.00. The standard InChI is InChI=1S/C14H20ClNO2S/c1-11(15)13-9-5-6-10-14(13)16-19(17,18)12-7-3-2-4-8-12/h5-6,9-12,16H,2-4,7-8H2,1H3. The number of para-hydroxylation sites is 1. The summed E-state index contributed by atoms with van der Waals surface area (Å²) >= 11 is 6.09. The first-order valence-electron chi connectivity index (χ1n) is 6.75. The van der Waals surface area contributed by atoms with Gasteiger partial charge in [0.15, 0.2) is 0 Å². The largest absolute Gasteiger partial charge is 0.283 e. The topological polar surface area (TPSA) is 46.2 Å². The molecule has 0 heterocycles. The van der Waals surface area contributed by atoms with Crippen LogP contribution in [0.15, 0.2) is 24.3 Å². The van der Waals surface area contributed by atoms with Gasteiger partial charge >= 0.3 is 0 Å². The number of nitrogens with one attached hydrogen (secondary N) is 1. The molecule has 19 heavy (non-hydrogen) atoms. The Morgan fingerprint density at radius 1 is 1.21 bits per heavy atom. The lowest BCUT2D eigenvalue weighted by atomic mass is 10.0. The fourth-order valence-corrected chi connectivity index (χ4v) is 4.35. The van der Waals surface area contributed by atoms with Crippen LogP contribution < -0.4 is 4.72 Å². The zero-order chi connectivity index (χ0) is 13.9. The molecule has 2 rings (SSSR count). The van der Waals surface area contributed by atoms with Crippen molar-refractivity contribution >= 4 is 27.3 Å². The van der Waals surface area contributed by atoms with Crippen molar-refractivity contribution in [1.82, 2.24) is 0 Å². The summed E-state index contributed by atoms with van der Waals surface area (Å²) in [5.41, 5.74) is 1.43. The Balaban J connectivity index is 2.20. The van der Waals surface area contributed by atoms with Gasteiger partial charge in [-0.2, -0.15) is 0 Å². The van der Waals surface area contributed by atoms with Gasteiger partial charge in [-0.3, -0.25) is 4.72 Å². The maximum absolute atomic E-state index is 12.4. The molecule has 0 radical (unpaired) electrons. The minimum absolute atomic E-state index is 0.217. The summed E-state index contributed by atoms with van der Waals surface area (Å²) in [6.07, 6.45) is 4.65. The molecule has 1 unspecified atom stereocenters. The van der Waals surface area contributed by atoms with Crippen molar-refractivity contribution in [3.05, 3.63) is 29.8 Å². The van der Waals surface area contributed by atoms with Crippen LogP contribution in [-0.2, 0) is 10.0 Å². The minimum Gasteiger partial charge on any atom is -0.283 e. The second kappa shape index (κ2) is 6.14. The molecule has 0 spiro atoms. The number of hydrogen-bond donors (Lipinski definition) is 1. The van der Waals surface area contributed by atoms with Crippen LogP contribution in [0.4, 0.5) is 5.69 Å². The van der Waals surface area contributed by atoms with Crippen LogP contribution >= 0.6 is 11.6 Å². The monoisotopic (exact) mass is 301 g/mol. The predicted molar refractivity (Wildman–Crippen MR) is 80.1 cm³/mol. The third-order valence-electron chi connectivity index (χ3n) is 3.63. The van der Waals surface area contributed by atoms with Crippen LogP contribution in [0.2, 0.25) is 0 Å². The van der Waals surface area contributed by atoms with Gasteiger partial charge in [0.25, 0.3) is 0 Å². The second-order valence-electron chi connectivity index (χ2n) is 5.11. The van der Waals surface area contributed by atoms with Crippen molar-refractivity contribution in [3.63, 3.8) is 0 Å². The minimum atomic E-state index is -3.30. The Hall–Kier alpha value is -0.740.